The Morgan fingerprint density at radius 3 is 2.47 bits per heavy atom. The summed E-state index contributed by atoms with van der Waals surface area (Å²) in [5.74, 6) is 6.50. The molecule has 1 heterocycles. The van der Waals surface area contributed by atoms with Gasteiger partial charge in [0.1, 0.15) is 0 Å². The predicted octanol–water partition coefficient (Wildman–Crippen LogP) is 1.54. The van der Waals surface area contributed by atoms with E-state index < -0.39 is 5.60 Å². The van der Waals surface area contributed by atoms with Crippen LogP contribution in [0.1, 0.15) is 24.0 Å². The molecule has 3 heteroatoms. The van der Waals surface area contributed by atoms with Gasteiger partial charge in [-0.1, -0.05) is 24.0 Å². The quantitative estimate of drug-likeness (QED) is 0.519. The predicted molar refractivity (Wildman–Crippen MR) is 73.2 cm³/mol. The van der Waals surface area contributed by atoms with Crippen LogP contribution in [-0.4, -0.2) is 23.9 Å². The van der Waals surface area contributed by atoms with Crippen molar-refractivity contribution >= 4 is 12.6 Å². The molecule has 2 N–H and O–H groups in total. The molecule has 0 radical (unpaired) electrons. The summed E-state index contributed by atoms with van der Waals surface area (Å²) in [6, 6.07) is 7.89. The average Bonchev–Trinajstić information content (AvgIpc) is 2.38. The lowest BCUT2D eigenvalue weighted by molar-refractivity contribution is 0.00594. The van der Waals surface area contributed by atoms with Gasteiger partial charge in [0.05, 0.1) is 11.4 Å². The van der Waals surface area contributed by atoms with Crippen LogP contribution in [0.25, 0.3) is 0 Å². The van der Waals surface area contributed by atoms with Crippen molar-refractivity contribution in [2.75, 3.05) is 18.8 Å². The Morgan fingerprint density at radius 1 is 1.24 bits per heavy atom. The zero-order valence-electron chi connectivity index (χ0n) is 9.74. The van der Waals surface area contributed by atoms with E-state index in [1.807, 2.05) is 24.3 Å². The fourth-order valence-electron chi connectivity index (χ4n) is 2.13. The number of hydrogen-bond acceptors (Lipinski definition) is 3. The van der Waals surface area contributed by atoms with Crippen LogP contribution in [0.5, 0.6) is 0 Å². The van der Waals surface area contributed by atoms with E-state index in [4.69, 9.17) is 0 Å². The number of nitrogens with one attached hydrogen (secondary N) is 1. The van der Waals surface area contributed by atoms with E-state index in [0.29, 0.717) is 5.75 Å². The van der Waals surface area contributed by atoms with Crippen LogP contribution < -0.4 is 5.32 Å². The van der Waals surface area contributed by atoms with Crippen molar-refractivity contribution < 1.29 is 5.11 Å². The molecule has 2 rings (SSSR count). The van der Waals surface area contributed by atoms with E-state index in [-0.39, 0.29) is 0 Å². The largest absolute Gasteiger partial charge is 0.385 e. The first-order valence-corrected chi connectivity index (χ1v) is 6.51. The second-order valence-corrected chi connectivity index (χ2v) is 4.64. The Hall–Kier alpha value is -0.950. The lowest BCUT2D eigenvalue weighted by atomic mass is 9.85. The van der Waals surface area contributed by atoms with Gasteiger partial charge in [0.15, 0.2) is 0 Å². The van der Waals surface area contributed by atoms with Crippen LogP contribution >= 0.6 is 12.6 Å². The van der Waals surface area contributed by atoms with Crippen LogP contribution in [-0.2, 0) is 5.60 Å². The van der Waals surface area contributed by atoms with Crippen molar-refractivity contribution in [2.45, 2.75) is 18.4 Å². The van der Waals surface area contributed by atoms with Crippen LogP contribution in [0.15, 0.2) is 24.3 Å². The third kappa shape index (κ3) is 3.04. The molecule has 90 valence electrons. The summed E-state index contributed by atoms with van der Waals surface area (Å²) in [4.78, 5) is 0. The molecule has 0 aromatic heterocycles. The van der Waals surface area contributed by atoms with Gasteiger partial charge < -0.3 is 10.4 Å². The molecule has 1 aromatic carbocycles. The number of benzene rings is 1. The van der Waals surface area contributed by atoms with Gasteiger partial charge in [0.25, 0.3) is 0 Å². The van der Waals surface area contributed by atoms with Gasteiger partial charge >= 0.3 is 0 Å². The summed E-state index contributed by atoms with van der Waals surface area (Å²) in [6.07, 6.45) is 1.54. The highest BCUT2D eigenvalue weighted by Crippen LogP contribution is 2.30. The van der Waals surface area contributed by atoms with Gasteiger partial charge in [-0.05, 0) is 43.6 Å². The highest BCUT2D eigenvalue weighted by molar-refractivity contribution is 7.80. The molecule has 0 aliphatic carbocycles. The molecule has 1 saturated heterocycles. The third-order valence-electron chi connectivity index (χ3n) is 3.16. The van der Waals surface area contributed by atoms with E-state index in [1.165, 1.54) is 0 Å². The summed E-state index contributed by atoms with van der Waals surface area (Å²) >= 11 is 4.05. The minimum absolute atomic E-state index is 0.567. The topological polar surface area (TPSA) is 32.3 Å². The molecule has 0 amide bonds. The van der Waals surface area contributed by atoms with E-state index in [9.17, 15) is 5.11 Å². The highest BCUT2D eigenvalue weighted by atomic mass is 32.1. The Kier molecular flexibility index (Phi) is 4.11. The van der Waals surface area contributed by atoms with Crippen molar-refractivity contribution in [3.8, 4) is 11.8 Å². The van der Waals surface area contributed by atoms with Gasteiger partial charge in [-0.2, -0.15) is 12.6 Å². The molecule has 1 aromatic rings. The number of thiol groups is 1. The Bertz CT molecular complexity index is 424. The molecular formula is C14H17NOS. The molecule has 0 spiro atoms. The van der Waals surface area contributed by atoms with Crippen LogP contribution in [0.4, 0.5) is 0 Å². The van der Waals surface area contributed by atoms with Crippen molar-refractivity contribution in [2.24, 2.45) is 0 Å². The van der Waals surface area contributed by atoms with Crippen LogP contribution in [0, 0.1) is 11.8 Å². The summed E-state index contributed by atoms with van der Waals surface area (Å²) < 4.78 is 0. The molecule has 1 fully saturated rings. The van der Waals surface area contributed by atoms with Gasteiger partial charge in [-0.25, -0.2) is 0 Å². The smallest absolute Gasteiger partial charge is 0.0920 e. The van der Waals surface area contributed by atoms with Crippen LogP contribution in [0.2, 0.25) is 0 Å². The standard InChI is InChI=1S/C14H17NOS/c16-14(7-9-15-10-8-14)13-5-3-12(4-6-13)2-1-11-17/h3-6,15-17H,7-11H2. The second-order valence-electron chi connectivity index (χ2n) is 4.32. The van der Waals surface area contributed by atoms with Crippen molar-refractivity contribution in [1.29, 1.82) is 0 Å². The minimum atomic E-state index is -0.666. The average molecular weight is 247 g/mol. The molecule has 17 heavy (non-hydrogen) atoms. The summed E-state index contributed by atoms with van der Waals surface area (Å²) in [5.41, 5.74) is 1.30. The molecule has 0 atom stereocenters. The van der Waals surface area contributed by atoms with E-state index in [1.54, 1.807) is 0 Å². The minimum Gasteiger partial charge on any atom is -0.385 e. The highest BCUT2D eigenvalue weighted by Gasteiger charge is 2.30. The number of hydrogen-bond donors (Lipinski definition) is 3. The van der Waals surface area contributed by atoms with Crippen molar-refractivity contribution in [1.82, 2.24) is 5.32 Å². The number of piperidine rings is 1. The SMILES string of the molecule is OC1(c2ccc(C#CCS)cc2)CCNCC1. The third-order valence-corrected chi connectivity index (χ3v) is 3.32. The fourth-order valence-corrected chi connectivity index (χ4v) is 2.21. The maximum absolute atomic E-state index is 10.5. The van der Waals surface area contributed by atoms with Crippen LogP contribution in [0.3, 0.4) is 0 Å². The van der Waals surface area contributed by atoms with Gasteiger partial charge in [-0.3, -0.25) is 0 Å². The Labute approximate surface area is 108 Å². The summed E-state index contributed by atoms with van der Waals surface area (Å²) in [5, 5.41) is 13.8. The lowest BCUT2D eigenvalue weighted by Gasteiger charge is -2.33. The zero-order valence-corrected chi connectivity index (χ0v) is 10.6. The molecule has 0 saturated carbocycles. The molecule has 2 nitrogen and oxygen atoms in total. The van der Waals surface area contributed by atoms with Gasteiger partial charge in [0, 0.05) is 5.56 Å². The molecule has 0 bridgehead atoms. The maximum atomic E-state index is 10.5. The molecule has 1 aliphatic heterocycles. The number of aliphatic hydroxyl groups is 1. The second kappa shape index (κ2) is 5.59. The molecular weight excluding hydrogens is 230 g/mol. The van der Waals surface area contributed by atoms with E-state index >= 15 is 0 Å². The lowest BCUT2D eigenvalue weighted by Crippen LogP contribution is -2.39. The first kappa shape index (κ1) is 12.5. The first-order valence-electron chi connectivity index (χ1n) is 5.88. The number of rotatable bonds is 1. The monoisotopic (exact) mass is 247 g/mol. The zero-order chi connectivity index (χ0) is 12.1. The maximum Gasteiger partial charge on any atom is 0.0920 e. The van der Waals surface area contributed by atoms with Gasteiger partial charge in [-0.15, -0.1) is 0 Å². The Balaban J connectivity index is 2.16. The van der Waals surface area contributed by atoms with Crippen molar-refractivity contribution in [3.63, 3.8) is 0 Å². The summed E-state index contributed by atoms with van der Waals surface area (Å²) in [6.45, 7) is 1.75. The Morgan fingerprint density at radius 2 is 1.88 bits per heavy atom. The van der Waals surface area contributed by atoms with Gasteiger partial charge in [0.2, 0.25) is 0 Å². The van der Waals surface area contributed by atoms with E-state index in [0.717, 1.165) is 37.1 Å². The van der Waals surface area contributed by atoms with Crippen molar-refractivity contribution in [3.05, 3.63) is 35.4 Å². The molecule has 0 unspecified atom stereocenters. The first-order chi connectivity index (χ1) is 8.24. The normalized spacial score (nSPS) is 18.2. The van der Waals surface area contributed by atoms with E-state index in [2.05, 4.69) is 29.8 Å². The molecule has 1 aliphatic rings. The fraction of sp³-hybridized carbons (Fsp3) is 0.429. The summed E-state index contributed by atoms with van der Waals surface area (Å²) in [7, 11) is 0.